The minimum absolute atomic E-state index is 0. The van der Waals surface area contributed by atoms with Crippen LogP contribution in [0.1, 0.15) is 95.9 Å². The van der Waals surface area contributed by atoms with Gasteiger partial charge in [0.15, 0.2) is 0 Å². The van der Waals surface area contributed by atoms with Crippen LogP contribution in [0.4, 0.5) is 0 Å². The van der Waals surface area contributed by atoms with E-state index in [4.69, 9.17) is 0 Å². The molecule has 6 fully saturated rings. The van der Waals surface area contributed by atoms with Crippen molar-refractivity contribution >= 4 is 0 Å². The second-order valence-corrected chi connectivity index (χ2v) is 16.4. The average Bonchev–Trinajstić information content (AvgIpc) is 3.39. The second kappa shape index (κ2) is 10.5. The van der Waals surface area contributed by atoms with Crippen molar-refractivity contribution in [3.63, 3.8) is 0 Å². The predicted octanol–water partition coefficient (Wildman–Crippen LogP) is 9.23. The van der Waals surface area contributed by atoms with E-state index in [0.717, 1.165) is 59.2 Å². The summed E-state index contributed by atoms with van der Waals surface area (Å²) in [5.74, 6) is 11.2. The Labute approximate surface area is 277 Å². The van der Waals surface area contributed by atoms with Crippen LogP contribution in [-0.2, 0) is 65.4 Å². The van der Waals surface area contributed by atoms with Gasteiger partial charge in [-0.15, -0.1) is 0 Å². The van der Waals surface area contributed by atoms with Gasteiger partial charge in [0.2, 0.25) is 0 Å². The summed E-state index contributed by atoms with van der Waals surface area (Å²) >= 11 is 0. The SMILES string of the molecule is CC1C(C)C2CC1C1C2C2CC1C(C)(C)C2(C)C.CC1[CH-]C2[CH-]C(C)(C)C(C)(C)[CH-]C2[CH-]C1C.[Y].[Y]. The van der Waals surface area contributed by atoms with Crippen LogP contribution < -0.4 is 0 Å². The molecule has 12 unspecified atom stereocenters. The molecule has 6 aliphatic rings. The van der Waals surface area contributed by atoms with E-state index in [1.807, 2.05) is 0 Å². The standard InChI is InChI=1S/C18H30.C16H26.2Y/c1-9-10(2)12-7-11(9)15-13-8-14(16(12)15)18(5,6)17(13,3)4;1-11-7-13-9-15(3,4)16(5,6)10-14(13)8-12(11)2;;/h9-16H,7-8H2,1-6H3;7-14H,1-6H3;;/q;-4;;. The Balaban J connectivity index is 0.000000192. The van der Waals surface area contributed by atoms with Crippen molar-refractivity contribution in [1.82, 2.24) is 0 Å². The van der Waals surface area contributed by atoms with Gasteiger partial charge in [-0.05, 0) is 71.0 Å². The molecular weight excluding hydrogens is 586 g/mol. The third-order valence-corrected chi connectivity index (χ3v) is 14.3. The van der Waals surface area contributed by atoms with Gasteiger partial charge in [0.1, 0.15) is 0 Å². The zero-order chi connectivity index (χ0) is 25.2. The fourth-order valence-corrected chi connectivity index (χ4v) is 10.4. The van der Waals surface area contributed by atoms with E-state index in [9.17, 15) is 0 Å². The van der Waals surface area contributed by atoms with Gasteiger partial charge in [0.05, 0.1) is 0 Å². The first kappa shape index (κ1) is 32.7. The largest absolute Gasteiger partial charge is 0.358 e. The van der Waals surface area contributed by atoms with Gasteiger partial charge in [0, 0.05) is 65.4 Å². The summed E-state index contributed by atoms with van der Waals surface area (Å²) in [7, 11) is 0. The van der Waals surface area contributed by atoms with E-state index in [1.165, 1.54) is 0 Å². The zero-order valence-electron chi connectivity index (χ0n) is 25.8. The molecule has 0 aromatic carbocycles. The quantitative estimate of drug-likeness (QED) is 0.183. The fourth-order valence-electron chi connectivity index (χ4n) is 10.4. The summed E-state index contributed by atoms with van der Waals surface area (Å²) in [6, 6.07) is 0. The Hall–Kier alpha value is 2.21. The Morgan fingerprint density at radius 1 is 0.528 bits per heavy atom. The molecule has 6 saturated carbocycles. The molecule has 0 aromatic heterocycles. The summed E-state index contributed by atoms with van der Waals surface area (Å²) in [6.45, 7) is 29.6. The first-order valence-electron chi connectivity index (χ1n) is 14.9. The van der Waals surface area contributed by atoms with Crippen LogP contribution >= 0.6 is 0 Å². The van der Waals surface area contributed by atoms with Crippen molar-refractivity contribution in [3.05, 3.63) is 25.7 Å². The second-order valence-electron chi connectivity index (χ2n) is 16.4. The smallest absolute Gasteiger partial charge is 0 e. The molecule has 0 saturated heterocycles. The van der Waals surface area contributed by atoms with Gasteiger partial charge in [-0.2, -0.15) is 22.7 Å². The summed E-state index contributed by atoms with van der Waals surface area (Å²) < 4.78 is 0. The number of fused-ring (bicyclic) bond motifs is 10. The Bertz CT molecular complexity index is 729. The first-order chi connectivity index (χ1) is 15.5. The number of hydrogen-bond donors (Lipinski definition) is 0. The van der Waals surface area contributed by atoms with Gasteiger partial charge >= 0.3 is 0 Å². The molecule has 12 atom stereocenters. The van der Waals surface area contributed by atoms with Gasteiger partial charge < -0.3 is 37.5 Å². The summed E-state index contributed by atoms with van der Waals surface area (Å²) in [5, 5.41) is 0. The Morgan fingerprint density at radius 3 is 1.19 bits per heavy atom. The summed E-state index contributed by atoms with van der Waals surface area (Å²) in [6.07, 6.45) is 13.4. The van der Waals surface area contributed by atoms with E-state index in [1.54, 1.807) is 12.8 Å². The average molecular weight is 643 g/mol. The molecule has 2 radical (unpaired) electrons. The molecule has 0 heterocycles. The molecule has 0 N–H and O–H groups in total. The normalized spacial score (nSPS) is 51.7. The van der Waals surface area contributed by atoms with Crippen molar-refractivity contribution in [2.24, 2.45) is 92.7 Å². The summed E-state index contributed by atoms with van der Waals surface area (Å²) in [5.41, 5.74) is 1.76. The van der Waals surface area contributed by atoms with Gasteiger partial charge in [0.25, 0.3) is 0 Å². The molecule has 2 heteroatoms. The van der Waals surface area contributed by atoms with E-state index in [0.29, 0.717) is 33.5 Å². The fraction of sp³-hybridized carbons (Fsp3) is 0.882. The molecule has 0 aromatic rings. The molecule has 6 aliphatic carbocycles. The third-order valence-electron chi connectivity index (χ3n) is 14.3. The Morgan fingerprint density at radius 2 is 0.861 bits per heavy atom. The van der Waals surface area contributed by atoms with Crippen molar-refractivity contribution < 1.29 is 65.4 Å². The maximum Gasteiger partial charge on any atom is 0 e. The molecular formula is C34H56Y2-4. The molecule has 6 rings (SSSR count). The van der Waals surface area contributed by atoms with Crippen molar-refractivity contribution in [2.75, 3.05) is 0 Å². The van der Waals surface area contributed by atoms with Crippen LogP contribution in [0, 0.1) is 118 Å². The van der Waals surface area contributed by atoms with Crippen LogP contribution in [0.25, 0.3) is 0 Å². The maximum absolute atomic E-state index is 2.58. The maximum atomic E-state index is 2.58. The topological polar surface area (TPSA) is 0 Å². The number of rotatable bonds is 0. The van der Waals surface area contributed by atoms with E-state index in [-0.39, 0.29) is 65.4 Å². The van der Waals surface area contributed by atoms with Gasteiger partial charge in [-0.3, -0.25) is 0 Å². The van der Waals surface area contributed by atoms with Crippen LogP contribution in [0.2, 0.25) is 0 Å². The molecule has 0 amide bonds. The van der Waals surface area contributed by atoms with E-state index in [2.05, 4.69) is 109 Å². The predicted molar refractivity (Wildman–Crippen MR) is 146 cm³/mol. The third kappa shape index (κ3) is 4.65. The Kier molecular flexibility index (Phi) is 9.53. The van der Waals surface area contributed by atoms with Crippen LogP contribution in [0.3, 0.4) is 0 Å². The zero-order valence-corrected chi connectivity index (χ0v) is 31.5. The summed E-state index contributed by atoms with van der Waals surface area (Å²) in [4.78, 5) is 0. The first-order valence-corrected chi connectivity index (χ1v) is 14.9. The van der Waals surface area contributed by atoms with Gasteiger partial charge in [-0.25, -0.2) is 0 Å². The van der Waals surface area contributed by atoms with Crippen LogP contribution in [-0.4, -0.2) is 0 Å². The molecule has 4 bridgehead atoms. The minimum atomic E-state index is 0. The van der Waals surface area contributed by atoms with E-state index < -0.39 is 0 Å². The van der Waals surface area contributed by atoms with Crippen molar-refractivity contribution in [1.29, 1.82) is 0 Å². The van der Waals surface area contributed by atoms with Crippen molar-refractivity contribution in [3.8, 4) is 0 Å². The molecule has 0 nitrogen and oxygen atoms in total. The number of hydrogen-bond acceptors (Lipinski definition) is 0. The molecule has 0 spiro atoms. The van der Waals surface area contributed by atoms with E-state index >= 15 is 0 Å². The van der Waals surface area contributed by atoms with Gasteiger partial charge in [-0.1, -0.05) is 83.1 Å². The molecule has 0 aliphatic heterocycles. The minimum Gasteiger partial charge on any atom is -0.358 e. The molecule has 202 valence electrons. The molecule has 36 heavy (non-hydrogen) atoms. The van der Waals surface area contributed by atoms with Crippen LogP contribution in [0.5, 0.6) is 0 Å². The monoisotopic (exact) mass is 642 g/mol. The van der Waals surface area contributed by atoms with Crippen molar-refractivity contribution in [2.45, 2.75) is 95.9 Å². The van der Waals surface area contributed by atoms with Crippen LogP contribution in [0.15, 0.2) is 0 Å².